The summed E-state index contributed by atoms with van der Waals surface area (Å²) in [4.78, 5) is 13.1. The Morgan fingerprint density at radius 3 is 3.06 bits per heavy atom. The summed E-state index contributed by atoms with van der Waals surface area (Å²) in [5, 5.41) is 8.22. The van der Waals surface area contributed by atoms with Crippen molar-refractivity contribution in [3.8, 4) is 0 Å². The van der Waals surface area contributed by atoms with Crippen LogP contribution in [0.2, 0.25) is 0 Å². The van der Waals surface area contributed by atoms with Gasteiger partial charge in [-0.25, -0.2) is 0 Å². The van der Waals surface area contributed by atoms with Crippen LogP contribution in [0.1, 0.15) is 16.5 Å². The summed E-state index contributed by atoms with van der Waals surface area (Å²) in [7, 11) is 0. The Hall–Kier alpha value is -1.17. The Labute approximate surface area is 117 Å². The van der Waals surface area contributed by atoms with E-state index < -0.39 is 0 Å². The number of fused-ring (bicyclic) bond motifs is 1. The van der Waals surface area contributed by atoms with Gasteiger partial charge in [-0.15, -0.1) is 11.3 Å². The number of carbonyl (C=O) groups excluding carboxylic acids is 1. The van der Waals surface area contributed by atoms with Gasteiger partial charge in [0.25, 0.3) is 0 Å². The van der Waals surface area contributed by atoms with E-state index in [0.29, 0.717) is 6.54 Å². The molecule has 1 aromatic carbocycles. The van der Waals surface area contributed by atoms with Crippen LogP contribution in [0.5, 0.6) is 0 Å². The van der Waals surface area contributed by atoms with Crippen molar-refractivity contribution in [1.82, 2.24) is 5.32 Å². The Kier molecular flexibility index (Phi) is 3.20. The molecular formula is C13H11BrN2OS. The Morgan fingerprint density at radius 1 is 1.39 bits per heavy atom. The fourth-order valence-electron chi connectivity index (χ4n) is 2.05. The van der Waals surface area contributed by atoms with E-state index in [1.807, 2.05) is 29.6 Å². The first kappa shape index (κ1) is 11.9. The van der Waals surface area contributed by atoms with Gasteiger partial charge in [-0.2, -0.15) is 0 Å². The number of halogens is 1. The van der Waals surface area contributed by atoms with Gasteiger partial charge in [0.15, 0.2) is 0 Å². The maximum Gasteiger partial charge on any atom is 0.246 e. The molecule has 3 nitrogen and oxygen atoms in total. The Balaban J connectivity index is 1.79. The number of nitrogens with one attached hydrogen (secondary N) is 2. The minimum Gasteiger partial charge on any atom is -0.324 e. The molecule has 0 saturated heterocycles. The van der Waals surface area contributed by atoms with Gasteiger partial charge in [0, 0.05) is 27.1 Å². The highest BCUT2D eigenvalue weighted by Gasteiger charge is 2.29. The summed E-state index contributed by atoms with van der Waals surface area (Å²) in [6.07, 6.45) is 0. The van der Waals surface area contributed by atoms with Crippen molar-refractivity contribution in [2.24, 2.45) is 0 Å². The average Bonchev–Trinajstić information content (AvgIpc) is 2.93. The van der Waals surface area contributed by atoms with E-state index >= 15 is 0 Å². The zero-order chi connectivity index (χ0) is 12.5. The molecule has 1 amide bonds. The van der Waals surface area contributed by atoms with Gasteiger partial charge >= 0.3 is 0 Å². The van der Waals surface area contributed by atoms with Gasteiger partial charge in [-0.3, -0.25) is 10.1 Å². The van der Waals surface area contributed by atoms with E-state index in [0.717, 1.165) is 15.7 Å². The molecule has 1 aromatic heterocycles. The second kappa shape index (κ2) is 4.84. The molecule has 92 valence electrons. The number of anilines is 1. The highest BCUT2D eigenvalue weighted by atomic mass is 79.9. The maximum absolute atomic E-state index is 11.9. The summed E-state index contributed by atoms with van der Waals surface area (Å²) in [5.74, 6) is 0.0136. The van der Waals surface area contributed by atoms with Crippen LogP contribution in [0.4, 0.5) is 5.69 Å². The maximum atomic E-state index is 11.9. The first-order valence-electron chi connectivity index (χ1n) is 5.60. The van der Waals surface area contributed by atoms with Crippen molar-refractivity contribution in [3.05, 3.63) is 50.6 Å². The molecule has 2 aromatic rings. The van der Waals surface area contributed by atoms with Crippen LogP contribution in [0.25, 0.3) is 0 Å². The van der Waals surface area contributed by atoms with Crippen LogP contribution in [0.3, 0.4) is 0 Å². The highest BCUT2D eigenvalue weighted by Crippen LogP contribution is 2.33. The summed E-state index contributed by atoms with van der Waals surface area (Å²) in [6.45, 7) is 0.714. The van der Waals surface area contributed by atoms with E-state index in [1.54, 1.807) is 11.3 Å². The highest BCUT2D eigenvalue weighted by molar-refractivity contribution is 9.10. The number of thiophene rings is 1. The number of carbonyl (C=O) groups is 1. The molecule has 2 heterocycles. The summed E-state index contributed by atoms with van der Waals surface area (Å²) in [5.41, 5.74) is 1.90. The fourth-order valence-corrected chi connectivity index (χ4v) is 3.07. The molecule has 0 saturated carbocycles. The zero-order valence-corrected chi connectivity index (χ0v) is 11.8. The first-order chi connectivity index (χ1) is 8.74. The van der Waals surface area contributed by atoms with Crippen molar-refractivity contribution >= 4 is 38.9 Å². The molecule has 0 radical (unpaired) electrons. The standard InChI is InChI=1S/C13H11BrN2OS/c14-8-3-4-10-11(6-8)16-13(17)12(10)15-7-9-2-1-5-18-9/h1-6,12,15H,7H2,(H,16,17). The van der Waals surface area contributed by atoms with Gasteiger partial charge < -0.3 is 5.32 Å². The Bertz CT molecular complexity index is 583. The van der Waals surface area contributed by atoms with Crippen molar-refractivity contribution in [3.63, 3.8) is 0 Å². The molecule has 0 spiro atoms. The van der Waals surface area contributed by atoms with E-state index in [-0.39, 0.29) is 11.9 Å². The lowest BCUT2D eigenvalue weighted by molar-refractivity contribution is -0.117. The van der Waals surface area contributed by atoms with Gasteiger partial charge in [0.05, 0.1) is 0 Å². The molecule has 5 heteroatoms. The normalized spacial score (nSPS) is 17.6. The van der Waals surface area contributed by atoms with E-state index in [4.69, 9.17) is 0 Å². The van der Waals surface area contributed by atoms with E-state index in [9.17, 15) is 4.79 Å². The monoisotopic (exact) mass is 322 g/mol. The SMILES string of the molecule is O=C1Nc2cc(Br)ccc2C1NCc1cccs1. The van der Waals surface area contributed by atoms with Crippen LogP contribution in [-0.4, -0.2) is 5.91 Å². The molecule has 1 unspecified atom stereocenters. The number of rotatable bonds is 3. The third kappa shape index (κ3) is 2.21. The predicted molar refractivity (Wildman–Crippen MR) is 76.7 cm³/mol. The van der Waals surface area contributed by atoms with Crippen LogP contribution in [0.15, 0.2) is 40.2 Å². The molecule has 0 aliphatic carbocycles. The van der Waals surface area contributed by atoms with Gasteiger partial charge in [-0.1, -0.05) is 28.1 Å². The lowest BCUT2D eigenvalue weighted by Gasteiger charge is -2.10. The molecule has 0 bridgehead atoms. The van der Waals surface area contributed by atoms with Crippen LogP contribution >= 0.6 is 27.3 Å². The molecule has 1 aliphatic rings. The first-order valence-corrected chi connectivity index (χ1v) is 7.27. The van der Waals surface area contributed by atoms with Crippen molar-refractivity contribution in [2.45, 2.75) is 12.6 Å². The smallest absolute Gasteiger partial charge is 0.246 e. The summed E-state index contributed by atoms with van der Waals surface area (Å²) < 4.78 is 0.973. The van der Waals surface area contributed by atoms with E-state index in [2.05, 4.69) is 32.6 Å². The third-order valence-corrected chi connectivity index (χ3v) is 4.28. The lowest BCUT2D eigenvalue weighted by Crippen LogP contribution is -2.26. The number of hydrogen-bond donors (Lipinski definition) is 2. The largest absolute Gasteiger partial charge is 0.324 e. The average molecular weight is 323 g/mol. The second-order valence-corrected chi connectivity index (χ2v) is 6.06. The third-order valence-electron chi connectivity index (χ3n) is 2.91. The van der Waals surface area contributed by atoms with Gasteiger partial charge in [0.1, 0.15) is 6.04 Å². The number of amides is 1. The van der Waals surface area contributed by atoms with Gasteiger partial charge in [0.2, 0.25) is 5.91 Å². The lowest BCUT2D eigenvalue weighted by atomic mass is 10.1. The molecular weight excluding hydrogens is 312 g/mol. The molecule has 2 N–H and O–H groups in total. The molecule has 18 heavy (non-hydrogen) atoms. The van der Waals surface area contributed by atoms with Gasteiger partial charge in [-0.05, 0) is 23.6 Å². The van der Waals surface area contributed by atoms with Crippen molar-refractivity contribution in [2.75, 3.05) is 5.32 Å². The minimum atomic E-state index is -0.254. The fraction of sp³-hybridized carbons (Fsp3) is 0.154. The number of hydrogen-bond acceptors (Lipinski definition) is 3. The predicted octanol–water partition coefficient (Wildman–Crippen LogP) is 3.29. The quantitative estimate of drug-likeness (QED) is 0.910. The summed E-state index contributed by atoms with van der Waals surface area (Å²) >= 11 is 5.09. The van der Waals surface area contributed by atoms with Crippen LogP contribution < -0.4 is 10.6 Å². The van der Waals surface area contributed by atoms with E-state index in [1.165, 1.54) is 4.88 Å². The van der Waals surface area contributed by atoms with Crippen molar-refractivity contribution < 1.29 is 4.79 Å². The van der Waals surface area contributed by atoms with Crippen molar-refractivity contribution in [1.29, 1.82) is 0 Å². The topological polar surface area (TPSA) is 41.1 Å². The second-order valence-electron chi connectivity index (χ2n) is 4.11. The number of benzene rings is 1. The molecule has 3 rings (SSSR count). The molecule has 1 aliphatic heterocycles. The molecule has 1 atom stereocenters. The molecule has 0 fully saturated rings. The Morgan fingerprint density at radius 2 is 2.28 bits per heavy atom. The summed E-state index contributed by atoms with van der Waals surface area (Å²) in [6, 6.07) is 9.69. The van der Waals surface area contributed by atoms with Crippen LogP contribution in [-0.2, 0) is 11.3 Å². The minimum absolute atomic E-state index is 0.0136. The van der Waals surface area contributed by atoms with Crippen LogP contribution in [0, 0.1) is 0 Å². The zero-order valence-electron chi connectivity index (χ0n) is 9.44.